The third-order valence-electron chi connectivity index (χ3n) is 3.48. The molecule has 0 aliphatic rings. The van der Waals surface area contributed by atoms with Crippen LogP contribution in [0.2, 0.25) is 0 Å². The molecule has 0 saturated carbocycles. The van der Waals surface area contributed by atoms with E-state index >= 15 is 0 Å². The summed E-state index contributed by atoms with van der Waals surface area (Å²) in [5.74, 6) is -1.07. The van der Waals surface area contributed by atoms with Crippen LogP contribution in [-0.2, 0) is 20.3 Å². The van der Waals surface area contributed by atoms with Crippen LogP contribution in [-0.4, -0.2) is 28.7 Å². The summed E-state index contributed by atoms with van der Waals surface area (Å²) in [6, 6.07) is 6.82. The zero-order chi connectivity index (χ0) is 17.3. The molecule has 0 spiro atoms. The van der Waals surface area contributed by atoms with Crippen molar-refractivity contribution in [2.24, 2.45) is 0 Å². The maximum atomic E-state index is 13.1. The highest BCUT2D eigenvalue weighted by Gasteiger charge is 2.33. The Morgan fingerprint density at radius 3 is 2.22 bits per heavy atom. The van der Waals surface area contributed by atoms with Gasteiger partial charge in [0.15, 0.2) is 10.5 Å². The van der Waals surface area contributed by atoms with Gasteiger partial charge in [0, 0.05) is 6.42 Å². The Morgan fingerprint density at radius 2 is 1.70 bits per heavy atom. The summed E-state index contributed by atoms with van der Waals surface area (Å²) < 4.78 is 30.7. The van der Waals surface area contributed by atoms with Gasteiger partial charge in [-0.25, -0.2) is 4.39 Å². The third-order valence-corrected chi connectivity index (χ3v) is 4.10. The maximum Gasteiger partial charge on any atom is 0.273 e. The molecule has 0 bridgehead atoms. The van der Waals surface area contributed by atoms with E-state index in [1.807, 2.05) is 33.8 Å². The van der Waals surface area contributed by atoms with Crippen LogP contribution in [0.1, 0.15) is 58.9 Å². The molecule has 0 aliphatic carbocycles. The molecule has 0 saturated heterocycles. The van der Waals surface area contributed by atoms with Crippen molar-refractivity contribution in [3.05, 3.63) is 35.6 Å². The molecule has 0 amide bonds. The molecule has 1 aromatic carbocycles. The molecule has 0 N–H and O–H groups in total. The summed E-state index contributed by atoms with van der Waals surface area (Å²) in [6.45, 7) is 7.96. The van der Waals surface area contributed by atoms with Crippen LogP contribution in [0.15, 0.2) is 24.3 Å². The number of ether oxygens (including phenoxy) is 2. The summed E-state index contributed by atoms with van der Waals surface area (Å²) in [6.07, 6.45) is 4.72. The second kappa shape index (κ2) is 10.2. The van der Waals surface area contributed by atoms with E-state index in [4.69, 9.17) is 13.9 Å². The van der Waals surface area contributed by atoms with E-state index in [1.54, 1.807) is 12.1 Å². The van der Waals surface area contributed by atoms with Crippen LogP contribution in [0.5, 0.6) is 0 Å². The number of halogens is 1. The van der Waals surface area contributed by atoms with E-state index < -0.39 is 5.97 Å². The van der Waals surface area contributed by atoms with Gasteiger partial charge in [-0.3, -0.25) is 0 Å². The van der Waals surface area contributed by atoms with E-state index in [9.17, 15) is 4.39 Å². The first-order chi connectivity index (χ1) is 10.9. The number of hydrogen-bond acceptors (Lipinski definition) is 3. The van der Waals surface area contributed by atoms with Gasteiger partial charge in [-0.2, -0.15) is 0 Å². The molecular formula is C18H31FO3Si. The summed E-state index contributed by atoms with van der Waals surface area (Å²) >= 11 is 0. The Hall–Kier alpha value is -0.753. The Kier molecular flexibility index (Phi) is 8.98. The smallest absolute Gasteiger partial charge is 0.273 e. The number of hydrogen-bond donors (Lipinski definition) is 0. The highest BCUT2D eigenvalue weighted by atomic mass is 28.2. The molecular weight excluding hydrogens is 311 g/mol. The van der Waals surface area contributed by atoms with E-state index in [1.165, 1.54) is 6.07 Å². The van der Waals surface area contributed by atoms with Crippen LogP contribution in [0.4, 0.5) is 4.39 Å². The SMILES string of the molecule is CC(C)OC(CCCCCc1cccc(F)c1)(O[SiH3])OC(C)C. The lowest BCUT2D eigenvalue weighted by Crippen LogP contribution is -2.42. The first-order valence-corrected chi connectivity index (χ1v) is 9.34. The molecule has 0 unspecified atom stereocenters. The summed E-state index contributed by atoms with van der Waals surface area (Å²) in [7, 11) is 0.563. The van der Waals surface area contributed by atoms with Gasteiger partial charge in [0.2, 0.25) is 0 Å². The molecule has 1 rings (SSSR count). The average Bonchev–Trinajstić information content (AvgIpc) is 2.45. The summed E-state index contributed by atoms with van der Waals surface area (Å²) in [4.78, 5) is 0. The van der Waals surface area contributed by atoms with Crippen LogP contribution in [0.25, 0.3) is 0 Å². The van der Waals surface area contributed by atoms with Crippen molar-refractivity contribution < 1.29 is 18.3 Å². The molecule has 0 aliphatic heterocycles. The Labute approximate surface area is 143 Å². The molecule has 1 aromatic rings. The fourth-order valence-corrected chi connectivity index (χ4v) is 3.00. The van der Waals surface area contributed by atoms with Gasteiger partial charge in [-0.15, -0.1) is 0 Å². The number of benzene rings is 1. The quantitative estimate of drug-likeness (QED) is 0.348. The van der Waals surface area contributed by atoms with Crippen LogP contribution in [0, 0.1) is 5.82 Å². The second-order valence-corrected chi connectivity index (χ2v) is 6.82. The van der Waals surface area contributed by atoms with E-state index in [0.717, 1.165) is 37.7 Å². The standard InChI is InChI=1S/C18H31FO3Si/c1-14(2)20-18(22-23,21-15(3)4)12-7-5-6-9-16-10-8-11-17(19)13-16/h8,10-11,13-15H,5-7,9,12H2,1-4,23H3. The van der Waals surface area contributed by atoms with Gasteiger partial charge in [-0.05, 0) is 64.7 Å². The van der Waals surface area contributed by atoms with E-state index in [0.29, 0.717) is 10.5 Å². The number of unbranched alkanes of at least 4 members (excludes halogenated alkanes) is 2. The lowest BCUT2D eigenvalue weighted by atomic mass is 10.1. The predicted octanol–water partition coefficient (Wildman–Crippen LogP) is 3.73. The first-order valence-electron chi connectivity index (χ1n) is 8.52. The average molecular weight is 343 g/mol. The molecule has 0 atom stereocenters. The minimum atomic E-state index is -0.909. The second-order valence-electron chi connectivity index (χ2n) is 6.41. The Morgan fingerprint density at radius 1 is 1.04 bits per heavy atom. The van der Waals surface area contributed by atoms with Crippen molar-refractivity contribution in [2.75, 3.05) is 0 Å². The molecule has 0 aromatic heterocycles. The molecule has 0 fully saturated rings. The lowest BCUT2D eigenvalue weighted by molar-refractivity contribution is -0.369. The van der Waals surface area contributed by atoms with Crippen molar-refractivity contribution in [2.45, 2.75) is 78.0 Å². The minimum absolute atomic E-state index is 0.0509. The van der Waals surface area contributed by atoms with Crippen LogP contribution < -0.4 is 0 Å². The minimum Gasteiger partial charge on any atom is -0.380 e. The maximum absolute atomic E-state index is 13.1. The van der Waals surface area contributed by atoms with Gasteiger partial charge in [-0.1, -0.05) is 18.6 Å². The monoisotopic (exact) mass is 342 g/mol. The summed E-state index contributed by atoms with van der Waals surface area (Å²) in [5, 5.41) is 0. The van der Waals surface area contributed by atoms with Gasteiger partial charge >= 0.3 is 0 Å². The van der Waals surface area contributed by atoms with Crippen LogP contribution >= 0.6 is 0 Å². The highest BCUT2D eigenvalue weighted by molar-refractivity contribution is 5.98. The Balaban J connectivity index is 2.42. The zero-order valence-electron chi connectivity index (χ0n) is 15.1. The van der Waals surface area contributed by atoms with Gasteiger partial charge in [0.25, 0.3) is 5.97 Å². The molecule has 0 heterocycles. The summed E-state index contributed by atoms with van der Waals surface area (Å²) in [5.41, 5.74) is 1.05. The fourth-order valence-electron chi connectivity index (χ4n) is 2.60. The van der Waals surface area contributed by atoms with Crippen molar-refractivity contribution in [1.29, 1.82) is 0 Å². The normalized spacial score (nSPS) is 12.5. The first kappa shape index (κ1) is 20.3. The fraction of sp³-hybridized carbons (Fsp3) is 0.667. The molecule has 132 valence electrons. The van der Waals surface area contributed by atoms with Gasteiger partial charge in [0.05, 0.1) is 12.2 Å². The Bertz CT molecular complexity index is 442. The van der Waals surface area contributed by atoms with Gasteiger partial charge in [0.1, 0.15) is 5.82 Å². The topological polar surface area (TPSA) is 27.7 Å². The molecule has 3 nitrogen and oxygen atoms in total. The predicted molar refractivity (Wildman–Crippen MR) is 94.8 cm³/mol. The zero-order valence-corrected chi connectivity index (χ0v) is 17.1. The van der Waals surface area contributed by atoms with Crippen molar-refractivity contribution in [3.63, 3.8) is 0 Å². The number of rotatable bonds is 11. The highest BCUT2D eigenvalue weighted by Crippen LogP contribution is 2.26. The molecule has 0 radical (unpaired) electrons. The largest absolute Gasteiger partial charge is 0.380 e. The van der Waals surface area contributed by atoms with E-state index in [2.05, 4.69) is 0 Å². The number of aryl methyl sites for hydroxylation is 1. The lowest BCUT2D eigenvalue weighted by Gasteiger charge is -2.36. The van der Waals surface area contributed by atoms with Crippen LogP contribution in [0.3, 0.4) is 0 Å². The van der Waals surface area contributed by atoms with E-state index in [-0.39, 0.29) is 18.0 Å². The van der Waals surface area contributed by atoms with Crippen molar-refractivity contribution in [1.82, 2.24) is 0 Å². The third kappa shape index (κ3) is 8.06. The molecule has 5 heteroatoms. The van der Waals surface area contributed by atoms with Crippen molar-refractivity contribution in [3.8, 4) is 0 Å². The molecule has 23 heavy (non-hydrogen) atoms. The van der Waals surface area contributed by atoms with Crippen molar-refractivity contribution >= 4 is 10.5 Å². The van der Waals surface area contributed by atoms with Gasteiger partial charge < -0.3 is 13.9 Å².